The molecule has 1 unspecified atom stereocenters. The van der Waals surface area contributed by atoms with Crippen molar-refractivity contribution in [3.63, 3.8) is 0 Å². The van der Waals surface area contributed by atoms with Crippen molar-refractivity contribution in [3.8, 4) is 0 Å². The molecule has 3 nitrogen and oxygen atoms in total. The Morgan fingerprint density at radius 2 is 1.50 bits per heavy atom. The number of sulfone groups is 1. The van der Waals surface area contributed by atoms with Gasteiger partial charge < -0.3 is 5.73 Å². The summed E-state index contributed by atoms with van der Waals surface area (Å²) in [5.74, 6) is 4.02. The van der Waals surface area contributed by atoms with E-state index in [0.717, 1.165) is 6.54 Å². The molecule has 5 atom stereocenters. The van der Waals surface area contributed by atoms with Crippen LogP contribution in [0.15, 0.2) is 0 Å². The van der Waals surface area contributed by atoms with Crippen molar-refractivity contribution in [1.82, 2.24) is 0 Å². The van der Waals surface area contributed by atoms with E-state index < -0.39 is 9.84 Å². The molecule has 0 bridgehead atoms. The second-order valence-electron chi connectivity index (χ2n) is 5.31. The van der Waals surface area contributed by atoms with Gasteiger partial charge in [-0.1, -0.05) is 0 Å². The van der Waals surface area contributed by atoms with Crippen LogP contribution >= 0.6 is 0 Å². The van der Waals surface area contributed by atoms with Gasteiger partial charge >= 0.3 is 0 Å². The molecule has 4 heteroatoms. The maximum Gasteiger partial charge on any atom is 0.150 e. The molecule has 80 valence electrons. The molecule has 0 radical (unpaired) electrons. The lowest BCUT2D eigenvalue weighted by Crippen LogP contribution is -2.42. The van der Waals surface area contributed by atoms with Crippen LogP contribution in [0.25, 0.3) is 0 Å². The zero-order valence-corrected chi connectivity index (χ0v) is 9.04. The third-order valence-corrected chi connectivity index (χ3v) is 6.42. The van der Waals surface area contributed by atoms with Gasteiger partial charge in [0.05, 0.1) is 11.5 Å². The van der Waals surface area contributed by atoms with Gasteiger partial charge in [-0.05, 0) is 49.0 Å². The van der Waals surface area contributed by atoms with E-state index in [9.17, 15) is 8.42 Å². The molecular weight excluding hydrogens is 198 g/mol. The lowest BCUT2D eigenvalue weighted by molar-refractivity contribution is 0.0462. The summed E-state index contributed by atoms with van der Waals surface area (Å²) in [7, 11) is -2.68. The number of nitrogens with two attached hydrogens (primary N) is 1. The van der Waals surface area contributed by atoms with E-state index in [0.29, 0.717) is 41.1 Å². The van der Waals surface area contributed by atoms with Crippen LogP contribution < -0.4 is 5.73 Å². The third-order valence-electron chi connectivity index (χ3n) is 4.64. The molecule has 2 aliphatic carbocycles. The Kier molecular flexibility index (Phi) is 1.78. The second-order valence-corrected chi connectivity index (χ2v) is 7.46. The highest BCUT2D eigenvalue weighted by molar-refractivity contribution is 7.91. The van der Waals surface area contributed by atoms with Crippen molar-refractivity contribution >= 4 is 9.84 Å². The number of fused-ring (bicyclic) bond motifs is 4. The van der Waals surface area contributed by atoms with Gasteiger partial charge in [0.25, 0.3) is 0 Å². The fraction of sp³-hybridized carbons (Fsp3) is 1.00. The fourth-order valence-corrected chi connectivity index (χ4v) is 6.33. The summed E-state index contributed by atoms with van der Waals surface area (Å²) in [5, 5.41) is 0. The Labute approximate surface area is 85.0 Å². The summed E-state index contributed by atoms with van der Waals surface area (Å²) in [6.07, 6.45) is 2.38. The Hall–Kier alpha value is -0.0900. The summed E-state index contributed by atoms with van der Waals surface area (Å²) >= 11 is 0. The first-order valence-electron chi connectivity index (χ1n) is 5.51. The predicted octanol–water partition coefficient (Wildman–Crippen LogP) is 0.262. The molecule has 1 aliphatic heterocycles. The van der Waals surface area contributed by atoms with Crippen molar-refractivity contribution in [2.45, 2.75) is 12.8 Å². The van der Waals surface area contributed by atoms with Crippen LogP contribution in [-0.2, 0) is 9.84 Å². The van der Waals surface area contributed by atoms with Crippen LogP contribution in [0, 0.1) is 29.6 Å². The molecule has 2 N–H and O–H groups in total. The molecule has 0 amide bonds. The smallest absolute Gasteiger partial charge is 0.150 e. The van der Waals surface area contributed by atoms with E-state index in [1.807, 2.05) is 0 Å². The Balaban J connectivity index is 1.78. The molecule has 3 rings (SSSR count). The molecule has 0 spiro atoms. The standard InChI is InChI=1S/C10H17NO2S/c11-3-6-1-7-8(2-6)10-5-14(12,13)4-9(7)10/h6-10H,1-5,11H2/t6?,7-,8+,9-,10-/m0/s1. The van der Waals surface area contributed by atoms with Gasteiger partial charge in [-0.2, -0.15) is 0 Å². The van der Waals surface area contributed by atoms with Crippen LogP contribution in [-0.4, -0.2) is 26.5 Å². The fourth-order valence-electron chi connectivity index (χ4n) is 4.03. The molecular formula is C10H17NO2S. The van der Waals surface area contributed by atoms with Crippen molar-refractivity contribution in [1.29, 1.82) is 0 Å². The average Bonchev–Trinajstić information content (AvgIpc) is 2.62. The van der Waals surface area contributed by atoms with Crippen LogP contribution in [0.2, 0.25) is 0 Å². The summed E-state index contributed by atoms with van der Waals surface area (Å²) in [5.41, 5.74) is 5.67. The van der Waals surface area contributed by atoms with Crippen LogP contribution in [0.4, 0.5) is 0 Å². The van der Waals surface area contributed by atoms with Gasteiger partial charge in [0.2, 0.25) is 0 Å². The summed E-state index contributed by atoms with van der Waals surface area (Å²) in [4.78, 5) is 0. The van der Waals surface area contributed by atoms with E-state index in [2.05, 4.69) is 0 Å². The van der Waals surface area contributed by atoms with E-state index in [4.69, 9.17) is 5.73 Å². The second kappa shape index (κ2) is 2.73. The van der Waals surface area contributed by atoms with Gasteiger partial charge in [-0.25, -0.2) is 8.42 Å². The molecule has 3 fully saturated rings. The largest absolute Gasteiger partial charge is 0.330 e. The quantitative estimate of drug-likeness (QED) is 0.682. The zero-order chi connectivity index (χ0) is 9.92. The molecule has 14 heavy (non-hydrogen) atoms. The lowest BCUT2D eigenvalue weighted by atomic mass is 9.60. The van der Waals surface area contributed by atoms with Crippen molar-refractivity contribution in [2.75, 3.05) is 18.1 Å². The number of hydrogen-bond acceptors (Lipinski definition) is 3. The minimum atomic E-state index is -2.68. The highest BCUT2D eigenvalue weighted by atomic mass is 32.2. The normalized spacial score (nSPS) is 53.6. The average molecular weight is 215 g/mol. The highest BCUT2D eigenvalue weighted by Gasteiger charge is 2.59. The number of rotatable bonds is 1. The first kappa shape index (κ1) is 9.16. The molecule has 1 saturated heterocycles. The Morgan fingerprint density at radius 1 is 1.00 bits per heavy atom. The van der Waals surface area contributed by atoms with Gasteiger partial charge in [0, 0.05) is 0 Å². The molecule has 0 aromatic rings. The molecule has 3 aliphatic rings. The summed E-state index contributed by atoms with van der Waals surface area (Å²) < 4.78 is 22.9. The monoisotopic (exact) mass is 215 g/mol. The summed E-state index contributed by atoms with van der Waals surface area (Å²) in [6.45, 7) is 0.791. The molecule has 0 aromatic heterocycles. The Bertz CT molecular complexity index is 325. The first-order valence-corrected chi connectivity index (χ1v) is 7.33. The minimum Gasteiger partial charge on any atom is -0.330 e. The van der Waals surface area contributed by atoms with Crippen LogP contribution in [0.3, 0.4) is 0 Å². The van der Waals surface area contributed by atoms with E-state index in [-0.39, 0.29) is 0 Å². The Morgan fingerprint density at radius 3 is 1.93 bits per heavy atom. The van der Waals surface area contributed by atoms with E-state index in [1.54, 1.807) is 0 Å². The summed E-state index contributed by atoms with van der Waals surface area (Å²) in [6, 6.07) is 0. The highest BCUT2D eigenvalue weighted by Crippen LogP contribution is 2.60. The van der Waals surface area contributed by atoms with E-state index in [1.165, 1.54) is 12.8 Å². The number of hydrogen-bond donors (Lipinski definition) is 1. The predicted molar refractivity (Wildman–Crippen MR) is 54.4 cm³/mol. The maximum atomic E-state index is 11.4. The zero-order valence-electron chi connectivity index (χ0n) is 8.22. The van der Waals surface area contributed by atoms with Gasteiger partial charge in [0.1, 0.15) is 0 Å². The van der Waals surface area contributed by atoms with Crippen molar-refractivity contribution in [2.24, 2.45) is 35.3 Å². The SMILES string of the molecule is NCC1C[C@@H]2[C@H](C1)[C@@H]1CS(=O)(=O)C[C@@H]21. The van der Waals surface area contributed by atoms with Crippen LogP contribution in [0.1, 0.15) is 12.8 Å². The van der Waals surface area contributed by atoms with Crippen molar-refractivity contribution < 1.29 is 8.42 Å². The van der Waals surface area contributed by atoms with Crippen LogP contribution in [0.5, 0.6) is 0 Å². The van der Waals surface area contributed by atoms with Gasteiger partial charge in [-0.3, -0.25) is 0 Å². The maximum absolute atomic E-state index is 11.4. The molecule has 1 heterocycles. The topological polar surface area (TPSA) is 60.2 Å². The lowest BCUT2D eigenvalue weighted by Gasteiger charge is -2.44. The molecule has 2 saturated carbocycles. The minimum absolute atomic E-state index is 0.468. The van der Waals surface area contributed by atoms with E-state index >= 15 is 0 Å². The van der Waals surface area contributed by atoms with Gasteiger partial charge in [0.15, 0.2) is 9.84 Å². The third kappa shape index (κ3) is 1.10. The first-order chi connectivity index (χ1) is 6.61. The van der Waals surface area contributed by atoms with Crippen molar-refractivity contribution in [3.05, 3.63) is 0 Å². The molecule has 0 aromatic carbocycles. The van der Waals surface area contributed by atoms with Gasteiger partial charge in [-0.15, -0.1) is 0 Å².